The van der Waals surface area contributed by atoms with Gasteiger partial charge < -0.3 is 20.1 Å². The summed E-state index contributed by atoms with van der Waals surface area (Å²) in [7, 11) is 1.59. The highest BCUT2D eigenvalue weighted by Crippen LogP contribution is 2.30. The van der Waals surface area contributed by atoms with Crippen LogP contribution in [-0.4, -0.2) is 28.9 Å². The van der Waals surface area contributed by atoms with E-state index in [-0.39, 0.29) is 0 Å². The van der Waals surface area contributed by atoms with Crippen LogP contribution in [0.15, 0.2) is 48.7 Å². The molecule has 0 fully saturated rings. The van der Waals surface area contributed by atoms with Crippen LogP contribution in [0.25, 0.3) is 0 Å². The second-order valence-corrected chi connectivity index (χ2v) is 5.65. The first-order valence-electron chi connectivity index (χ1n) is 7.98. The highest BCUT2D eigenvalue weighted by molar-refractivity contribution is 6.31. The molecular formula is C18H18ClN5O2. The summed E-state index contributed by atoms with van der Waals surface area (Å²) in [6.07, 6.45) is 1.52. The summed E-state index contributed by atoms with van der Waals surface area (Å²) in [6.45, 7) is 2.57. The van der Waals surface area contributed by atoms with E-state index in [9.17, 15) is 0 Å². The molecule has 1 aromatic heterocycles. The van der Waals surface area contributed by atoms with Crippen molar-refractivity contribution in [2.45, 2.75) is 6.92 Å². The highest BCUT2D eigenvalue weighted by Gasteiger charge is 2.07. The first kappa shape index (κ1) is 17.8. The van der Waals surface area contributed by atoms with Crippen molar-refractivity contribution in [2.24, 2.45) is 0 Å². The zero-order valence-electron chi connectivity index (χ0n) is 14.4. The normalized spacial score (nSPS) is 10.3. The minimum absolute atomic E-state index is 0.361. The fraction of sp³-hybridized carbons (Fsp3) is 0.167. The van der Waals surface area contributed by atoms with E-state index < -0.39 is 0 Å². The quantitative estimate of drug-likeness (QED) is 0.636. The average molecular weight is 372 g/mol. The number of aromatic nitrogens is 3. The zero-order valence-corrected chi connectivity index (χ0v) is 15.1. The first-order valence-corrected chi connectivity index (χ1v) is 8.36. The summed E-state index contributed by atoms with van der Waals surface area (Å²) >= 11 is 6.05. The number of anilines is 4. The summed E-state index contributed by atoms with van der Waals surface area (Å²) < 4.78 is 10.7. The molecular weight excluding hydrogens is 354 g/mol. The molecule has 2 N–H and O–H groups in total. The van der Waals surface area contributed by atoms with Crippen LogP contribution < -0.4 is 20.1 Å². The van der Waals surface area contributed by atoms with Gasteiger partial charge in [-0.25, -0.2) is 0 Å². The lowest BCUT2D eigenvalue weighted by Crippen LogP contribution is -2.03. The van der Waals surface area contributed by atoms with Gasteiger partial charge in [0.05, 0.1) is 25.6 Å². The van der Waals surface area contributed by atoms with Crippen LogP contribution in [0.3, 0.4) is 0 Å². The maximum atomic E-state index is 6.05. The Morgan fingerprint density at radius 2 is 1.88 bits per heavy atom. The number of nitrogens with zero attached hydrogens (tertiary/aromatic N) is 3. The van der Waals surface area contributed by atoms with Crippen LogP contribution in [0.5, 0.6) is 11.5 Å². The van der Waals surface area contributed by atoms with E-state index in [1.54, 1.807) is 25.3 Å². The van der Waals surface area contributed by atoms with Gasteiger partial charge in [-0.05, 0) is 49.4 Å². The minimum atomic E-state index is 0.361. The Labute approximate surface area is 156 Å². The highest BCUT2D eigenvalue weighted by atomic mass is 35.5. The van der Waals surface area contributed by atoms with Crippen molar-refractivity contribution in [2.75, 3.05) is 24.4 Å². The first-order chi connectivity index (χ1) is 12.7. The van der Waals surface area contributed by atoms with Gasteiger partial charge >= 0.3 is 0 Å². The molecule has 2 aromatic carbocycles. The molecule has 0 bridgehead atoms. The molecule has 0 unspecified atom stereocenters. The van der Waals surface area contributed by atoms with Crippen molar-refractivity contribution in [3.05, 3.63) is 53.7 Å². The Balaban J connectivity index is 1.75. The average Bonchev–Trinajstić information content (AvgIpc) is 2.64. The third-order valence-electron chi connectivity index (χ3n) is 3.40. The summed E-state index contributed by atoms with van der Waals surface area (Å²) in [5.41, 5.74) is 1.51. The number of nitrogens with one attached hydrogen (secondary N) is 2. The van der Waals surface area contributed by atoms with E-state index >= 15 is 0 Å². The molecule has 8 heteroatoms. The lowest BCUT2D eigenvalue weighted by atomic mass is 10.3. The van der Waals surface area contributed by atoms with Crippen molar-refractivity contribution < 1.29 is 9.47 Å². The van der Waals surface area contributed by atoms with Crippen molar-refractivity contribution in [3.63, 3.8) is 0 Å². The van der Waals surface area contributed by atoms with Gasteiger partial charge in [0.2, 0.25) is 5.95 Å². The smallest absolute Gasteiger partial charge is 0.249 e. The molecule has 0 saturated carbocycles. The Bertz CT molecular complexity index is 874. The predicted molar refractivity (Wildman–Crippen MR) is 102 cm³/mol. The maximum absolute atomic E-state index is 6.05. The fourth-order valence-electron chi connectivity index (χ4n) is 2.26. The van der Waals surface area contributed by atoms with E-state index in [0.29, 0.717) is 34.8 Å². The van der Waals surface area contributed by atoms with Crippen LogP contribution in [0, 0.1) is 0 Å². The summed E-state index contributed by atoms with van der Waals surface area (Å²) in [4.78, 5) is 4.40. The number of benzene rings is 2. The largest absolute Gasteiger partial charge is 0.495 e. The summed E-state index contributed by atoms with van der Waals surface area (Å²) in [5, 5.41) is 14.8. The van der Waals surface area contributed by atoms with Gasteiger partial charge in [0.15, 0.2) is 5.82 Å². The molecule has 0 amide bonds. The number of halogens is 1. The third kappa shape index (κ3) is 4.52. The van der Waals surface area contributed by atoms with Gasteiger partial charge in [0, 0.05) is 10.7 Å². The molecule has 0 aliphatic rings. The second kappa shape index (κ2) is 8.35. The molecule has 1 heterocycles. The lowest BCUT2D eigenvalue weighted by molar-refractivity contribution is 0.340. The molecule has 7 nitrogen and oxygen atoms in total. The van der Waals surface area contributed by atoms with Crippen LogP contribution >= 0.6 is 11.6 Å². The van der Waals surface area contributed by atoms with Gasteiger partial charge in [-0.1, -0.05) is 11.6 Å². The second-order valence-electron chi connectivity index (χ2n) is 5.22. The predicted octanol–water partition coefficient (Wildman–Crippen LogP) is 4.42. The Morgan fingerprint density at radius 1 is 1.08 bits per heavy atom. The van der Waals surface area contributed by atoms with Crippen molar-refractivity contribution >= 4 is 34.7 Å². The maximum Gasteiger partial charge on any atom is 0.249 e. The molecule has 0 atom stereocenters. The monoisotopic (exact) mass is 371 g/mol. The SMILES string of the molecule is CCOc1ccc(Nc2nncc(Nc3cc(Cl)ccc3OC)n2)cc1. The van der Waals surface area contributed by atoms with Gasteiger partial charge in [-0.3, -0.25) is 0 Å². The number of hydrogen-bond acceptors (Lipinski definition) is 7. The molecule has 0 aliphatic carbocycles. The van der Waals surface area contributed by atoms with Gasteiger partial charge in [-0.15, -0.1) is 5.10 Å². The minimum Gasteiger partial charge on any atom is -0.495 e. The van der Waals surface area contributed by atoms with E-state index in [2.05, 4.69) is 25.8 Å². The van der Waals surface area contributed by atoms with E-state index in [0.717, 1.165) is 11.4 Å². The van der Waals surface area contributed by atoms with Gasteiger partial charge in [0.25, 0.3) is 0 Å². The third-order valence-corrected chi connectivity index (χ3v) is 3.64. The van der Waals surface area contributed by atoms with Crippen LogP contribution in [-0.2, 0) is 0 Å². The van der Waals surface area contributed by atoms with Gasteiger partial charge in [-0.2, -0.15) is 10.1 Å². The molecule has 26 heavy (non-hydrogen) atoms. The molecule has 0 aliphatic heterocycles. The van der Waals surface area contributed by atoms with Crippen molar-refractivity contribution in [1.29, 1.82) is 0 Å². The van der Waals surface area contributed by atoms with Crippen LogP contribution in [0.4, 0.5) is 23.1 Å². The Morgan fingerprint density at radius 3 is 2.62 bits per heavy atom. The molecule has 134 valence electrons. The molecule has 0 spiro atoms. The Hall–Kier alpha value is -3.06. The molecule has 0 radical (unpaired) electrons. The Kier molecular flexibility index (Phi) is 5.70. The fourth-order valence-corrected chi connectivity index (χ4v) is 2.43. The van der Waals surface area contributed by atoms with Crippen molar-refractivity contribution in [1.82, 2.24) is 15.2 Å². The summed E-state index contributed by atoms with van der Waals surface area (Å²) in [6, 6.07) is 12.8. The number of ether oxygens (including phenoxy) is 2. The molecule has 0 saturated heterocycles. The summed E-state index contributed by atoms with van der Waals surface area (Å²) in [5.74, 6) is 2.32. The number of rotatable bonds is 7. The van der Waals surface area contributed by atoms with Crippen LogP contribution in [0.1, 0.15) is 6.92 Å². The topological polar surface area (TPSA) is 81.2 Å². The molecule has 3 rings (SSSR count). The van der Waals surface area contributed by atoms with E-state index in [1.165, 1.54) is 6.20 Å². The standard InChI is InChI=1S/C18H18ClN5O2/c1-3-26-14-7-5-13(6-8-14)21-18-23-17(11-20-24-18)22-15-10-12(19)4-9-16(15)25-2/h4-11H,3H2,1-2H3,(H2,21,22,23,24). The van der Waals surface area contributed by atoms with Gasteiger partial charge in [0.1, 0.15) is 11.5 Å². The van der Waals surface area contributed by atoms with Crippen molar-refractivity contribution in [3.8, 4) is 11.5 Å². The van der Waals surface area contributed by atoms with E-state index in [4.69, 9.17) is 21.1 Å². The van der Waals surface area contributed by atoms with E-state index in [1.807, 2.05) is 31.2 Å². The zero-order chi connectivity index (χ0) is 18.4. The number of hydrogen-bond donors (Lipinski definition) is 2. The van der Waals surface area contributed by atoms with Crippen LogP contribution in [0.2, 0.25) is 5.02 Å². The lowest BCUT2D eigenvalue weighted by Gasteiger charge is -2.11. The molecule has 3 aromatic rings. The number of methoxy groups -OCH3 is 1.